The summed E-state index contributed by atoms with van der Waals surface area (Å²) in [6.07, 6.45) is 0.609. The Morgan fingerprint density at radius 3 is 3.00 bits per heavy atom. The van der Waals surface area contributed by atoms with Crippen LogP contribution >= 0.6 is 11.8 Å². The lowest BCUT2D eigenvalue weighted by molar-refractivity contribution is -0.0439. The Morgan fingerprint density at radius 1 is 1.83 bits per heavy atom. The molecule has 2 atom stereocenters. The van der Waals surface area contributed by atoms with Crippen molar-refractivity contribution >= 4 is 16.9 Å². The Balaban J connectivity index is 2.54. The summed E-state index contributed by atoms with van der Waals surface area (Å²) in [4.78, 5) is 0. The molecular weight excluding hydrogens is 176 g/mol. The second-order valence-corrected chi connectivity index (χ2v) is 4.40. The van der Waals surface area contributed by atoms with Gasteiger partial charge in [-0.15, -0.1) is 0 Å². The van der Waals surface area contributed by atoms with Crippen molar-refractivity contribution in [1.82, 2.24) is 0 Å². The molecule has 0 aromatic rings. The second kappa shape index (κ2) is 3.64. The van der Waals surface area contributed by atoms with E-state index >= 15 is 0 Å². The van der Waals surface area contributed by atoms with Crippen molar-refractivity contribution in [3.8, 4) is 0 Å². The number of thioether (sulfide) groups is 1. The van der Waals surface area contributed by atoms with Crippen molar-refractivity contribution in [2.24, 2.45) is 5.73 Å². The van der Waals surface area contributed by atoms with Crippen LogP contribution in [0.15, 0.2) is 0 Å². The summed E-state index contributed by atoms with van der Waals surface area (Å²) in [7, 11) is 0. The third-order valence-corrected chi connectivity index (χ3v) is 3.17. The number of aliphatic hydroxyl groups is 1. The summed E-state index contributed by atoms with van der Waals surface area (Å²) >= 11 is 1.17. The molecule has 0 saturated carbocycles. The van der Waals surface area contributed by atoms with Gasteiger partial charge in [-0.25, -0.2) is 0 Å². The van der Waals surface area contributed by atoms with Crippen LogP contribution in [0.1, 0.15) is 13.3 Å². The fourth-order valence-electron chi connectivity index (χ4n) is 1.12. The van der Waals surface area contributed by atoms with Gasteiger partial charge in [0, 0.05) is 13.0 Å². The van der Waals surface area contributed by atoms with Crippen LogP contribution in [0, 0.1) is 5.41 Å². The minimum atomic E-state index is -0.755. The Labute approximate surface area is 76.0 Å². The average molecular weight is 190 g/mol. The van der Waals surface area contributed by atoms with E-state index in [4.69, 9.17) is 15.9 Å². The number of amidine groups is 1. The molecule has 1 aliphatic heterocycles. The molecule has 0 bridgehead atoms. The van der Waals surface area contributed by atoms with E-state index in [0.717, 1.165) is 0 Å². The molecular formula is C7H14N2O2S. The number of hydrogen-bond donors (Lipinski definition) is 3. The molecule has 0 radical (unpaired) electrons. The molecule has 70 valence electrons. The quantitative estimate of drug-likeness (QED) is 0.406. The summed E-state index contributed by atoms with van der Waals surface area (Å²) in [5, 5.41) is 16.8. The third kappa shape index (κ3) is 2.36. The van der Waals surface area contributed by atoms with Crippen LogP contribution in [0.25, 0.3) is 0 Å². The van der Waals surface area contributed by atoms with E-state index in [1.165, 1.54) is 11.8 Å². The topological polar surface area (TPSA) is 79.3 Å². The maximum atomic E-state index is 9.83. The number of nitrogens with two attached hydrogens (primary N) is 1. The highest BCUT2D eigenvalue weighted by molar-refractivity contribution is 8.14. The van der Waals surface area contributed by atoms with Gasteiger partial charge in [-0.1, -0.05) is 11.8 Å². The van der Waals surface area contributed by atoms with Crippen LogP contribution in [-0.4, -0.2) is 34.3 Å². The molecule has 2 unspecified atom stereocenters. The van der Waals surface area contributed by atoms with Crippen molar-refractivity contribution in [3.05, 3.63) is 0 Å². The number of nitrogens with one attached hydrogen (secondary N) is 1. The summed E-state index contributed by atoms with van der Waals surface area (Å²) in [5.41, 5.74) is 4.47. The number of ether oxygens (including phenoxy) is 1. The minimum absolute atomic E-state index is 0.0331. The van der Waals surface area contributed by atoms with Gasteiger partial charge < -0.3 is 15.6 Å². The van der Waals surface area contributed by atoms with Crippen LogP contribution in [0.3, 0.4) is 0 Å². The highest BCUT2D eigenvalue weighted by atomic mass is 32.2. The van der Waals surface area contributed by atoms with Crippen LogP contribution < -0.4 is 5.73 Å². The predicted molar refractivity (Wildman–Crippen MR) is 49.4 cm³/mol. The Bertz CT molecular complexity index is 184. The second-order valence-electron chi connectivity index (χ2n) is 3.15. The molecule has 4 nitrogen and oxygen atoms in total. The predicted octanol–water partition coefficient (Wildman–Crippen LogP) is 0.153. The molecule has 0 spiro atoms. The fourth-order valence-corrected chi connectivity index (χ4v) is 1.97. The van der Waals surface area contributed by atoms with Crippen molar-refractivity contribution in [1.29, 1.82) is 5.41 Å². The minimum Gasteiger partial charge on any atom is -0.389 e. The van der Waals surface area contributed by atoms with Gasteiger partial charge in [0.25, 0.3) is 0 Å². The Kier molecular flexibility index (Phi) is 2.98. The standard InChI is InChI=1S/C7H14N2O2S/c1-7(10)2-3-11-4-5(7)12-6(8)9/h5,10H,2-4H2,1H3,(H3,8,9). The molecule has 5 heteroatoms. The molecule has 1 saturated heterocycles. The van der Waals surface area contributed by atoms with Gasteiger partial charge in [0.15, 0.2) is 5.17 Å². The Hall–Kier alpha value is -0.260. The lowest BCUT2D eigenvalue weighted by Gasteiger charge is -2.35. The van der Waals surface area contributed by atoms with E-state index in [-0.39, 0.29) is 10.4 Å². The lowest BCUT2D eigenvalue weighted by Crippen LogP contribution is -2.46. The highest BCUT2D eigenvalue weighted by Crippen LogP contribution is 2.29. The molecule has 0 aromatic carbocycles. The maximum Gasteiger partial charge on any atom is 0.151 e. The zero-order valence-corrected chi connectivity index (χ0v) is 7.86. The van der Waals surface area contributed by atoms with E-state index in [1.807, 2.05) is 0 Å². The van der Waals surface area contributed by atoms with E-state index in [1.54, 1.807) is 6.92 Å². The molecule has 0 aromatic heterocycles. The summed E-state index contributed by atoms with van der Waals surface area (Å²) < 4.78 is 5.19. The molecule has 0 amide bonds. The smallest absolute Gasteiger partial charge is 0.151 e. The highest BCUT2D eigenvalue weighted by Gasteiger charge is 2.36. The van der Waals surface area contributed by atoms with Gasteiger partial charge in [-0.05, 0) is 6.92 Å². The normalized spacial score (nSPS) is 36.3. The van der Waals surface area contributed by atoms with Gasteiger partial charge in [0.2, 0.25) is 0 Å². The summed E-state index contributed by atoms with van der Waals surface area (Å²) in [6, 6.07) is 0. The largest absolute Gasteiger partial charge is 0.389 e. The van der Waals surface area contributed by atoms with E-state index in [2.05, 4.69) is 0 Å². The van der Waals surface area contributed by atoms with Crippen LogP contribution in [0.5, 0.6) is 0 Å². The number of rotatable bonds is 1. The number of hydrogen-bond acceptors (Lipinski definition) is 4. The van der Waals surface area contributed by atoms with Crippen molar-refractivity contribution in [2.75, 3.05) is 13.2 Å². The summed E-state index contributed by atoms with van der Waals surface area (Å²) in [5.74, 6) is 0. The van der Waals surface area contributed by atoms with Crippen molar-refractivity contribution in [2.45, 2.75) is 24.2 Å². The Morgan fingerprint density at radius 2 is 2.50 bits per heavy atom. The molecule has 0 aliphatic carbocycles. The van der Waals surface area contributed by atoms with E-state index in [9.17, 15) is 5.11 Å². The van der Waals surface area contributed by atoms with Gasteiger partial charge in [-0.3, -0.25) is 5.41 Å². The lowest BCUT2D eigenvalue weighted by atomic mass is 9.97. The monoisotopic (exact) mass is 190 g/mol. The molecule has 1 fully saturated rings. The first kappa shape index (κ1) is 9.83. The zero-order chi connectivity index (χ0) is 9.19. The molecule has 12 heavy (non-hydrogen) atoms. The third-order valence-electron chi connectivity index (χ3n) is 1.98. The SMILES string of the molecule is CC1(O)CCOCC1SC(=N)N. The zero-order valence-electron chi connectivity index (χ0n) is 7.04. The first-order valence-electron chi connectivity index (χ1n) is 3.83. The van der Waals surface area contributed by atoms with E-state index < -0.39 is 5.60 Å². The average Bonchev–Trinajstić information content (AvgIpc) is 1.92. The van der Waals surface area contributed by atoms with Gasteiger partial charge in [-0.2, -0.15) is 0 Å². The first-order valence-corrected chi connectivity index (χ1v) is 4.71. The van der Waals surface area contributed by atoms with Crippen LogP contribution in [0.4, 0.5) is 0 Å². The van der Waals surface area contributed by atoms with Crippen molar-refractivity contribution < 1.29 is 9.84 Å². The molecule has 4 N–H and O–H groups in total. The molecule has 1 rings (SSSR count). The van der Waals surface area contributed by atoms with Gasteiger partial charge in [0.1, 0.15) is 0 Å². The first-order chi connectivity index (χ1) is 5.52. The van der Waals surface area contributed by atoms with Gasteiger partial charge >= 0.3 is 0 Å². The van der Waals surface area contributed by atoms with Gasteiger partial charge in [0.05, 0.1) is 17.5 Å². The van der Waals surface area contributed by atoms with Crippen LogP contribution in [0.2, 0.25) is 0 Å². The van der Waals surface area contributed by atoms with Crippen LogP contribution in [-0.2, 0) is 4.74 Å². The summed E-state index contributed by atoms with van der Waals surface area (Å²) in [6.45, 7) is 2.81. The maximum absolute atomic E-state index is 9.83. The van der Waals surface area contributed by atoms with E-state index in [0.29, 0.717) is 19.6 Å². The molecule has 1 aliphatic rings. The molecule has 1 heterocycles. The van der Waals surface area contributed by atoms with Crippen molar-refractivity contribution in [3.63, 3.8) is 0 Å². The fraction of sp³-hybridized carbons (Fsp3) is 0.857.